The van der Waals surface area contributed by atoms with Crippen molar-refractivity contribution in [3.05, 3.63) is 158 Å². The van der Waals surface area contributed by atoms with Crippen LogP contribution in [0.15, 0.2) is 162 Å². The molecule has 0 radical (unpaired) electrons. The van der Waals surface area contributed by atoms with Crippen molar-refractivity contribution in [2.45, 2.75) is 0 Å². The van der Waals surface area contributed by atoms with Crippen molar-refractivity contribution < 1.29 is 4.42 Å². The van der Waals surface area contributed by atoms with Gasteiger partial charge in [0, 0.05) is 70.2 Å². The summed E-state index contributed by atoms with van der Waals surface area (Å²) in [4.78, 5) is 14.8. The second-order valence-electron chi connectivity index (χ2n) is 12.8. The Kier molecular flexibility index (Phi) is 6.05. The van der Waals surface area contributed by atoms with Crippen LogP contribution in [0.5, 0.6) is 0 Å². The fourth-order valence-electron chi connectivity index (χ4n) is 7.45. The van der Waals surface area contributed by atoms with Gasteiger partial charge < -0.3 is 8.98 Å². The second-order valence-corrected chi connectivity index (χ2v) is 13.9. The number of hydrogen-bond acceptors (Lipinski definition) is 5. The van der Waals surface area contributed by atoms with E-state index >= 15 is 0 Å². The highest BCUT2D eigenvalue weighted by Gasteiger charge is 2.17. The maximum atomic E-state index is 6.59. The summed E-state index contributed by atoms with van der Waals surface area (Å²) in [6, 6.07) is 55.0. The largest absolute Gasteiger partial charge is 0.456 e. The van der Waals surface area contributed by atoms with Crippen LogP contribution in [-0.4, -0.2) is 19.5 Å². The number of fused-ring (bicyclic) bond motifs is 9. The van der Waals surface area contributed by atoms with Crippen LogP contribution in [0, 0.1) is 0 Å². The van der Waals surface area contributed by atoms with Gasteiger partial charge in [0.05, 0.1) is 11.0 Å². The molecule has 11 aromatic rings. The zero-order valence-electron chi connectivity index (χ0n) is 27.1. The molecule has 0 atom stereocenters. The van der Waals surface area contributed by atoms with Gasteiger partial charge in [0.25, 0.3) is 0 Å². The summed E-state index contributed by atoms with van der Waals surface area (Å²) in [5.41, 5.74) is 8.07. The van der Waals surface area contributed by atoms with Crippen LogP contribution in [0.2, 0.25) is 0 Å². The Morgan fingerprint density at radius 3 is 1.63 bits per heavy atom. The SMILES string of the molecule is c1ccc(-c2nc(-c3ccccc3)nc(-c3ccc4sc5cc6oc7cc(-n8c9ccccc9c9ccccc98)ccc7c6cc5c4c3)n2)cc1. The minimum atomic E-state index is 0.649. The van der Waals surface area contributed by atoms with E-state index in [4.69, 9.17) is 19.4 Å². The molecule has 0 unspecified atom stereocenters. The lowest BCUT2D eigenvalue weighted by Gasteiger charge is -2.08. The summed E-state index contributed by atoms with van der Waals surface area (Å²) in [7, 11) is 0. The molecule has 11 rings (SSSR count). The van der Waals surface area contributed by atoms with E-state index in [2.05, 4.69) is 102 Å². The van der Waals surface area contributed by atoms with Gasteiger partial charge in [-0.15, -0.1) is 11.3 Å². The molecule has 0 bridgehead atoms. The number of rotatable bonds is 4. The van der Waals surface area contributed by atoms with Crippen molar-refractivity contribution in [2.75, 3.05) is 0 Å². The summed E-state index contributed by atoms with van der Waals surface area (Å²) in [5, 5.41) is 7.06. The molecule has 0 spiro atoms. The van der Waals surface area contributed by atoms with Crippen LogP contribution < -0.4 is 0 Å². The van der Waals surface area contributed by atoms with E-state index in [-0.39, 0.29) is 0 Å². The van der Waals surface area contributed by atoms with Crippen molar-refractivity contribution >= 4 is 75.3 Å². The predicted molar refractivity (Wildman–Crippen MR) is 211 cm³/mol. The molecule has 238 valence electrons. The van der Waals surface area contributed by atoms with E-state index in [1.54, 1.807) is 11.3 Å². The van der Waals surface area contributed by atoms with Crippen molar-refractivity contribution in [1.29, 1.82) is 0 Å². The number of para-hydroxylation sites is 2. The van der Waals surface area contributed by atoms with E-state index in [1.165, 1.54) is 42.0 Å². The fourth-order valence-corrected chi connectivity index (χ4v) is 8.55. The molecule has 0 aliphatic heterocycles. The van der Waals surface area contributed by atoms with Crippen LogP contribution in [-0.2, 0) is 0 Å². The molecule has 0 saturated carbocycles. The third-order valence-electron chi connectivity index (χ3n) is 9.84. The summed E-state index contributed by atoms with van der Waals surface area (Å²) in [6.07, 6.45) is 0. The Morgan fingerprint density at radius 2 is 0.961 bits per heavy atom. The van der Waals surface area contributed by atoms with Gasteiger partial charge in [-0.25, -0.2) is 15.0 Å². The fraction of sp³-hybridized carbons (Fsp3) is 0. The first-order valence-corrected chi connectivity index (χ1v) is 17.8. The summed E-state index contributed by atoms with van der Waals surface area (Å²) in [6.45, 7) is 0. The molecule has 0 saturated heterocycles. The molecule has 4 aromatic heterocycles. The smallest absolute Gasteiger partial charge is 0.164 e. The van der Waals surface area contributed by atoms with Crippen molar-refractivity contribution in [3.8, 4) is 39.9 Å². The van der Waals surface area contributed by atoms with Gasteiger partial charge in [-0.05, 0) is 54.6 Å². The van der Waals surface area contributed by atoms with E-state index < -0.39 is 0 Å². The Bertz CT molecular complexity index is 3030. The van der Waals surface area contributed by atoms with Crippen LogP contribution in [0.25, 0.3) is 104 Å². The normalized spacial score (nSPS) is 11.9. The highest BCUT2D eigenvalue weighted by Crippen LogP contribution is 2.42. The average Bonchev–Trinajstić information content (AvgIpc) is 3.85. The Hall–Kier alpha value is -6.63. The number of thiophene rings is 1. The molecule has 0 amide bonds. The summed E-state index contributed by atoms with van der Waals surface area (Å²) in [5.74, 6) is 1.96. The van der Waals surface area contributed by atoms with Gasteiger partial charge in [0.15, 0.2) is 17.5 Å². The van der Waals surface area contributed by atoms with Crippen LogP contribution in [0.4, 0.5) is 0 Å². The van der Waals surface area contributed by atoms with Gasteiger partial charge in [-0.3, -0.25) is 0 Å². The number of benzene rings is 7. The topological polar surface area (TPSA) is 56.7 Å². The highest BCUT2D eigenvalue weighted by atomic mass is 32.1. The molecule has 5 nitrogen and oxygen atoms in total. The van der Waals surface area contributed by atoms with Gasteiger partial charge in [-0.1, -0.05) is 97.1 Å². The summed E-state index contributed by atoms with van der Waals surface area (Å²) < 4.78 is 11.3. The Morgan fingerprint density at radius 1 is 0.392 bits per heavy atom. The minimum absolute atomic E-state index is 0.649. The number of furan rings is 1. The number of nitrogens with zero attached hydrogens (tertiary/aromatic N) is 4. The van der Waals surface area contributed by atoms with E-state index in [0.717, 1.165) is 44.3 Å². The maximum absolute atomic E-state index is 6.59. The third kappa shape index (κ3) is 4.43. The number of hydrogen-bond donors (Lipinski definition) is 0. The first kappa shape index (κ1) is 28.2. The van der Waals surface area contributed by atoms with Crippen molar-refractivity contribution in [3.63, 3.8) is 0 Å². The standard InChI is InChI=1S/C45H26N4OS/c1-3-11-27(12-4-1)43-46-44(28-13-5-2-6-14-28)48-45(47-43)29-19-22-41-35(23-29)36-25-34-33-21-20-30(24-39(33)50-40(34)26-42(36)51-41)49-37-17-9-7-15-31(37)32-16-8-10-18-38(32)49/h1-26H. The van der Waals surface area contributed by atoms with Crippen molar-refractivity contribution in [2.24, 2.45) is 0 Å². The summed E-state index contributed by atoms with van der Waals surface area (Å²) >= 11 is 1.78. The Labute approximate surface area is 295 Å². The molecule has 4 heterocycles. The average molecular weight is 671 g/mol. The minimum Gasteiger partial charge on any atom is -0.456 e. The predicted octanol–water partition coefficient (Wildman–Crippen LogP) is 12.2. The van der Waals surface area contributed by atoms with Crippen LogP contribution in [0.1, 0.15) is 0 Å². The highest BCUT2D eigenvalue weighted by molar-refractivity contribution is 7.25. The molecule has 0 N–H and O–H groups in total. The molecule has 6 heteroatoms. The molecule has 7 aromatic carbocycles. The molecule has 0 aliphatic rings. The molecule has 51 heavy (non-hydrogen) atoms. The van der Waals surface area contributed by atoms with E-state index in [1.807, 2.05) is 60.7 Å². The van der Waals surface area contributed by atoms with Crippen LogP contribution in [0.3, 0.4) is 0 Å². The first-order chi connectivity index (χ1) is 25.2. The second kappa shape index (κ2) is 10.9. The lowest BCUT2D eigenvalue weighted by atomic mass is 10.1. The van der Waals surface area contributed by atoms with Gasteiger partial charge in [0.2, 0.25) is 0 Å². The zero-order chi connectivity index (χ0) is 33.5. The van der Waals surface area contributed by atoms with Gasteiger partial charge in [-0.2, -0.15) is 0 Å². The lowest BCUT2D eigenvalue weighted by molar-refractivity contribution is 0.669. The zero-order valence-corrected chi connectivity index (χ0v) is 27.9. The van der Waals surface area contributed by atoms with Gasteiger partial charge in [0.1, 0.15) is 11.2 Å². The Balaban J connectivity index is 1.07. The maximum Gasteiger partial charge on any atom is 0.164 e. The monoisotopic (exact) mass is 670 g/mol. The quantitative estimate of drug-likeness (QED) is 0.187. The van der Waals surface area contributed by atoms with E-state index in [0.29, 0.717) is 17.5 Å². The van der Waals surface area contributed by atoms with Crippen LogP contribution >= 0.6 is 11.3 Å². The van der Waals surface area contributed by atoms with Crippen molar-refractivity contribution in [1.82, 2.24) is 19.5 Å². The molecule has 0 aliphatic carbocycles. The molecule has 0 fully saturated rings. The number of aromatic nitrogens is 4. The van der Waals surface area contributed by atoms with Gasteiger partial charge >= 0.3 is 0 Å². The van der Waals surface area contributed by atoms with E-state index in [9.17, 15) is 0 Å². The molecular formula is C45H26N4OS. The molecular weight excluding hydrogens is 645 g/mol. The third-order valence-corrected chi connectivity index (χ3v) is 11.0. The first-order valence-electron chi connectivity index (χ1n) is 16.9. The lowest BCUT2D eigenvalue weighted by Crippen LogP contribution is -2.00.